The predicted molar refractivity (Wildman–Crippen MR) is 90.3 cm³/mol. The minimum atomic E-state index is -3.67. The summed E-state index contributed by atoms with van der Waals surface area (Å²) in [6, 6.07) is 4.23. The molecule has 0 saturated heterocycles. The Hall–Kier alpha value is -0.730. The molecule has 118 valence electrons. The molecule has 21 heavy (non-hydrogen) atoms. The van der Waals surface area contributed by atoms with Crippen molar-refractivity contribution in [3.05, 3.63) is 28.8 Å². The van der Waals surface area contributed by atoms with Gasteiger partial charge >= 0.3 is 0 Å². The molecule has 0 saturated carbocycles. The van der Waals surface area contributed by atoms with Crippen molar-refractivity contribution < 1.29 is 8.42 Å². The molecular formula is C13H20ClN3O2S2. The van der Waals surface area contributed by atoms with Crippen molar-refractivity contribution in [3.8, 4) is 0 Å². The lowest BCUT2D eigenvalue weighted by Gasteiger charge is -2.17. The summed E-state index contributed by atoms with van der Waals surface area (Å²) in [5.41, 5.74) is 6.03. The molecule has 0 aliphatic carbocycles. The van der Waals surface area contributed by atoms with E-state index in [1.807, 2.05) is 25.9 Å². The van der Waals surface area contributed by atoms with Gasteiger partial charge in [-0.05, 0) is 46.1 Å². The summed E-state index contributed by atoms with van der Waals surface area (Å²) in [5, 5.41) is 0.104. The molecule has 1 aromatic carbocycles. The van der Waals surface area contributed by atoms with Crippen LogP contribution in [0.4, 0.5) is 0 Å². The van der Waals surface area contributed by atoms with Gasteiger partial charge in [-0.1, -0.05) is 29.9 Å². The van der Waals surface area contributed by atoms with Crippen molar-refractivity contribution in [2.24, 2.45) is 5.73 Å². The highest BCUT2D eigenvalue weighted by Gasteiger charge is 2.20. The van der Waals surface area contributed by atoms with Crippen molar-refractivity contribution in [3.63, 3.8) is 0 Å². The van der Waals surface area contributed by atoms with Crippen LogP contribution in [-0.4, -0.2) is 45.0 Å². The van der Waals surface area contributed by atoms with Crippen molar-refractivity contribution in [2.45, 2.75) is 24.3 Å². The van der Waals surface area contributed by atoms with Gasteiger partial charge < -0.3 is 10.6 Å². The topological polar surface area (TPSA) is 75.4 Å². The lowest BCUT2D eigenvalue weighted by Crippen LogP contribution is -2.35. The van der Waals surface area contributed by atoms with E-state index < -0.39 is 10.0 Å². The third kappa shape index (κ3) is 5.52. The van der Waals surface area contributed by atoms with Crippen molar-refractivity contribution in [2.75, 3.05) is 20.6 Å². The lowest BCUT2D eigenvalue weighted by molar-refractivity contribution is 0.379. The molecule has 0 bridgehead atoms. The van der Waals surface area contributed by atoms with Crippen LogP contribution in [-0.2, 0) is 10.0 Å². The number of hydrogen-bond donors (Lipinski definition) is 2. The first-order valence-corrected chi connectivity index (χ1v) is 8.67. The molecule has 0 amide bonds. The second-order valence-corrected chi connectivity index (χ2v) is 7.65. The second kappa shape index (κ2) is 7.51. The molecule has 0 heterocycles. The molecule has 5 nitrogen and oxygen atoms in total. The van der Waals surface area contributed by atoms with Crippen LogP contribution in [0.1, 0.15) is 18.9 Å². The first kappa shape index (κ1) is 18.3. The van der Waals surface area contributed by atoms with Crippen LogP contribution in [0.25, 0.3) is 0 Å². The van der Waals surface area contributed by atoms with Gasteiger partial charge in [0.15, 0.2) is 0 Å². The van der Waals surface area contributed by atoms with Gasteiger partial charge in [-0.3, -0.25) is 0 Å². The van der Waals surface area contributed by atoms with E-state index in [0.29, 0.717) is 12.0 Å². The van der Waals surface area contributed by atoms with Gasteiger partial charge in [0.2, 0.25) is 10.0 Å². The Morgan fingerprint density at radius 3 is 2.57 bits per heavy atom. The van der Waals surface area contributed by atoms with Gasteiger partial charge in [0.25, 0.3) is 0 Å². The molecule has 0 aromatic heterocycles. The minimum absolute atomic E-state index is 0.0286. The van der Waals surface area contributed by atoms with Crippen LogP contribution in [0, 0.1) is 0 Å². The van der Waals surface area contributed by atoms with E-state index in [1.54, 1.807) is 6.07 Å². The molecule has 0 radical (unpaired) electrons. The van der Waals surface area contributed by atoms with Crippen molar-refractivity contribution in [1.29, 1.82) is 0 Å². The fraction of sp³-hybridized carbons (Fsp3) is 0.462. The summed E-state index contributed by atoms with van der Waals surface area (Å²) in [4.78, 5) is 2.20. The average molecular weight is 350 g/mol. The standard InChI is InChI=1S/C13H20ClN3O2S2/c1-9(6-7-17(2)3)16-21(18,19)12-5-4-10(13(15)20)8-11(12)14/h4-5,8-9,16H,6-7H2,1-3H3,(H2,15,20). The Labute approximate surface area is 136 Å². The third-order valence-electron chi connectivity index (χ3n) is 2.87. The molecule has 1 unspecified atom stereocenters. The van der Waals surface area contributed by atoms with Gasteiger partial charge in [-0.2, -0.15) is 0 Å². The van der Waals surface area contributed by atoms with Gasteiger partial charge in [-0.15, -0.1) is 0 Å². The summed E-state index contributed by atoms with van der Waals surface area (Å²) in [6.07, 6.45) is 0.703. The number of rotatable bonds is 7. The van der Waals surface area contributed by atoms with E-state index in [1.165, 1.54) is 12.1 Å². The number of hydrogen-bond acceptors (Lipinski definition) is 4. The van der Waals surface area contributed by atoms with Gasteiger partial charge in [-0.25, -0.2) is 13.1 Å². The molecule has 0 spiro atoms. The van der Waals surface area contributed by atoms with Crippen LogP contribution in [0.15, 0.2) is 23.1 Å². The quantitative estimate of drug-likeness (QED) is 0.731. The van der Waals surface area contributed by atoms with Gasteiger partial charge in [0.1, 0.15) is 9.88 Å². The van der Waals surface area contributed by atoms with Crippen LogP contribution < -0.4 is 10.5 Å². The number of nitrogens with two attached hydrogens (primary N) is 1. The largest absolute Gasteiger partial charge is 0.389 e. The zero-order valence-electron chi connectivity index (χ0n) is 12.3. The number of benzene rings is 1. The number of halogens is 1. The van der Waals surface area contributed by atoms with Crippen LogP contribution in [0.2, 0.25) is 5.02 Å². The average Bonchev–Trinajstić information content (AvgIpc) is 2.35. The summed E-state index contributed by atoms with van der Waals surface area (Å²) in [6.45, 7) is 2.61. The maximum absolute atomic E-state index is 12.3. The molecular weight excluding hydrogens is 330 g/mol. The van der Waals surface area contributed by atoms with Crippen molar-refractivity contribution in [1.82, 2.24) is 9.62 Å². The molecule has 1 rings (SSSR count). The monoisotopic (exact) mass is 349 g/mol. The Morgan fingerprint density at radius 2 is 2.10 bits per heavy atom. The van der Waals surface area contributed by atoms with E-state index >= 15 is 0 Å². The maximum atomic E-state index is 12.3. The normalized spacial score (nSPS) is 13.4. The smallest absolute Gasteiger partial charge is 0.242 e. The molecule has 3 N–H and O–H groups in total. The van der Waals surface area contributed by atoms with Crippen LogP contribution >= 0.6 is 23.8 Å². The summed E-state index contributed by atoms with van der Waals surface area (Å²) in [5.74, 6) is 0. The summed E-state index contributed by atoms with van der Waals surface area (Å²) in [7, 11) is 0.209. The van der Waals surface area contributed by atoms with E-state index in [2.05, 4.69) is 4.72 Å². The first-order chi connectivity index (χ1) is 9.63. The number of sulfonamides is 1. The molecule has 1 aromatic rings. The predicted octanol–water partition coefficient (Wildman–Crippen LogP) is 1.59. The number of nitrogens with zero attached hydrogens (tertiary/aromatic N) is 1. The summed E-state index contributed by atoms with van der Waals surface area (Å²) < 4.78 is 27.2. The highest BCUT2D eigenvalue weighted by molar-refractivity contribution is 7.89. The van der Waals surface area contributed by atoms with E-state index in [9.17, 15) is 8.42 Å². The van der Waals surface area contributed by atoms with Gasteiger partial charge in [0.05, 0.1) is 5.02 Å². The summed E-state index contributed by atoms with van der Waals surface area (Å²) >= 11 is 10.9. The van der Waals surface area contributed by atoms with Crippen molar-refractivity contribution >= 4 is 38.8 Å². The molecule has 0 aliphatic rings. The van der Waals surface area contributed by atoms with E-state index in [4.69, 9.17) is 29.6 Å². The highest BCUT2D eigenvalue weighted by Crippen LogP contribution is 2.23. The minimum Gasteiger partial charge on any atom is -0.389 e. The highest BCUT2D eigenvalue weighted by atomic mass is 35.5. The van der Waals surface area contributed by atoms with Crippen LogP contribution in [0.3, 0.4) is 0 Å². The maximum Gasteiger partial charge on any atom is 0.242 e. The van der Waals surface area contributed by atoms with E-state index in [0.717, 1.165) is 6.54 Å². The van der Waals surface area contributed by atoms with E-state index in [-0.39, 0.29) is 20.9 Å². The molecule has 1 atom stereocenters. The van der Waals surface area contributed by atoms with Gasteiger partial charge in [0, 0.05) is 11.6 Å². The fourth-order valence-corrected chi connectivity index (χ4v) is 3.66. The Balaban J connectivity index is 2.90. The Kier molecular flexibility index (Phi) is 6.55. The molecule has 0 fully saturated rings. The van der Waals surface area contributed by atoms with Crippen LogP contribution in [0.5, 0.6) is 0 Å². The second-order valence-electron chi connectivity index (χ2n) is 5.12. The lowest BCUT2D eigenvalue weighted by atomic mass is 10.2. The number of nitrogens with one attached hydrogen (secondary N) is 1. The molecule has 8 heteroatoms. The first-order valence-electron chi connectivity index (χ1n) is 6.40. The third-order valence-corrected chi connectivity index (χ3v) is 5.18. The zero-order chi connectivity index (χ0) is 16.2. The Bertz CT molecular complexity index is 618. The zero-order valence-corrected chi connectivity index (χ0v) is 14.6. The Morgan fingerprint density at radius 1 is 1.48 bits per heavy atom. The SMILES string of the molecule is CC(CCN(C)C)NS(=O)(=O)c1ccc(C(N)=S)cc1Cl. The molecule has 0 aliphatic heterocycles. The fourth-order valence-electron chi connectivity index (χ4n) is 1.71. The number of thiocarbonyl (C=S) groups is 1.